The minimum atomic E-state index is -0.407. The van der Waals surface area contributed by atoms with E-state index in [0.29, 0.717) is 11.7 Å². The van der Waals surface area contributed by atoms with Crippen molar-refractivity contribution < 1.29 is 9.84 Å². The van der Waals surface area contributed by atoms with Crippen molar-refractivity contribution in [1.82, 2.24) is 4.98 Å². The van der Waals surface area contributed by atoms with Crippen LogP contribution in [0.3, 0.4) is 0 Å². The Bertz CT molecular complexity index is 397. The second kappa shape index (κ2) is 6.38. The van der Waals surface area contributed by atoms with E-state index in [1.807, 2.05) is 6.07 Å². The predicted octanol–water partition coefficient (Wildman–Crippen LogP) is 3.59. The van der Waals surface area contributed by atoms with Gasteiger partial charge in [-0.3, -0.25) is 4.98 Å². The van der Waals surface area contributed by atoms with Crippen molar-refractivity contribution in [2.45, 2.75) is 45.6 Å². The Hall–Kier alpha value is -1.09. The zero-order valence-corrected chi connectivity index (χ0v) is 12.2. The van der Waals surface area contributed by atoms with Gasteiger partial charge in [-0.1, -0.05) is 13.8 Å². The number of aromatic nitrogens is 1. The molecule has 0 aromatic carbocycles. The number of aliphatic hydroxyl groups is 1. The van der Waals surface area contributed by atoms with E-state index in [9.17, 15) is 5.11 Å². The highest BCUT2D eigenvalue weighted by Gasteiger charge is 2.28. The summed E-state index contributed by atoms with van der Waals surface area (Å²) in [4.78, 5) is 4.13. The zero-order valence-electron chi connectivity index (χ0n) is 12.2. The number of rotatable bonds is 4. The molecule has 1 atom stereocenters. The van der Waals surface area contributed by atoms with Crippen LogP contribution in [-0.2, 0) is 0 Å². The highest BCUT2D eigenvalue weighted by atomic mass is 16.5. The van der Waals surface area contributed by atoms with Gasteiger partial charge < -0.3 is 9.84 Å². The Morgan fingerprint density at radius 3 is 2.37 bits per heavy atom. The van der Waals surface area contributed by atoms with Crippen LogP contribution in [0.25, 0.3) is 0 Å². The van der Waals surface area contributed by atoms with Crippen molar-refractivity contribution in [2.24, 2.45) is 17.8 Å². The summed E-state index contributed by atoms with van der Waals surface area (Å²) in [5.74, 6) is 2.67. The third-order valence-electron chi connectivity index (χ3n) is 4.52. The van der Waals surface area contributed by atoms with Crippen LogP contribution in [0.5, 0.6) is 5.75 Å². The molecule has 19 heavy (non-hydrogen) atoms. The summed E-state index contributed by atoms with van der Waals surface area (Å²) in [6.07, 6.45) is 7.71. The van der Waals surface area contributed by atoms with Gasteiger partial charge in [-0.05, 0) is 49.5 Å². The molecule has 3 heteroatoms. The maximum Gasteiger partial charge on any atom is 0.137 e. The topological polar surface area (TPSA) is 42.4 Å². The lowest BCUT2D eigenvalue weighted by Gasteiger charge is -2.33. The van der Waals surface area contributed by atoms with Gasteiger partial charge in [0.15, 0.2) is 0 Å². The first-order valence-corrected chi connectivity index (χ1v) is 7.28. The van der Waals surface area contributed by atoms with Crippen molar-refractivity contribution >= 4 is 0 Å². The molecule has 1 unspecified atom stereocenters. The molecule has 0 aliphatic heterocycles. The number of hydrogen-bond donors (Lipinski definition) is 1. The van der Waals surface area contributed by atoms with Gasteiger partial charge in [0.05, 0.1) is 19.4 Å². The Balaban J connectivity index is 1.98. The Kier molecular flexibility index (Phi) is 4.81. The Labute approximate surface area is 116 Å². The Morgan fingerprint density at radius 1 is 1.16 bits per heavy atom. The molecule has 1 aromatic rings. The number of aliphatic hydroxyl groups excluding tert-OH is 1. The standard InChI is InChI=1S/C16H25NO2/c1-11(2)12-4-6-13(7-5-12)16(18)14-8-15(19-3)10-17-9-14/h8-13,16,18H,4-7H2,1-3H3. The number of pyridine rings is 1. The van der Waals surface area contributed by atoms with Crippen molar-refractivity contribution in [3.8, 4) is 5.75 Å². The van der Waals surface area contributed by atoms with Crippen LogP contribution in [0, 0.1) is 17.8 Å². The molecule has 1 heterocycles. The van der Waals surface area contributed by atoms with Crippen LogP contribution in [-0.4, -0.2) is 17.2 Å². The molecule has 106 valence electrons. The monoisotopic (exact) mass is 263 g/mol. The van der Waals surface area contributed by atoms with Crippen LogP contribution in [0.2, 0.25) is 0 Å². The van der Waals surface area contributed by atoms with E-state index in [-0.39, 0.29) is 0 Å². The molecule has 1 aliphatic rings. The molecule has 0 radical (unpaired) electrons. The first-order chi connectivity index (χ1) is 9.11. The summed E-state index contributed by atoms with van der Waals surface area (Å²) < 4.78 is 5.17. The van der Waals surface area contributed by atoms with Gasteiger partial charge in [0.1, 0.15) is 5.75 Å². The Morgan fingerprint density at radius 2 is 1.79 bits per heavy atom. The number of hydrogen-bond acceptors (Lipinski definition) is 3. The van der Waals surface area contributed by atoms with E-state index in [4.69, 9.17) is 4.74 Å². The maximum absolute atomic E-state index is 10.5. The summed E-state index contributed by atoms with van der Waals surface area (Å²) >= 11 is 0. The average Bonchev–Trinajstić information content (AvgIpc) is 2.46. The smallest absolute Gasteiger partial charge is 0.137 e. The minimum Gasteiger partial charge on any atom is -0.495 e. The first-order valence-electron chi connectivity index (χ1n) is 7.28. The molecule has 0 spiro atoms. The number of nitrogens with zero attached hydrogens (tertiary/aromatic N) is 1. The lowest BCUT2D eigenvalue weighted by molar-refractivity contribution is 0.0664. The molecule has 1 aromatic heterocycles. The average molecular weight is 263 g/mol. The van der Waals surface area contributed by atoms with Crippen LogP contribution in [0.1, 0.15) is 51.2 Å². The fourth-order valence-corrected chi connectivity index (χ4v) is 3.11. The second-order valence-corrected chi connectivity index (χ2v) is 6.02. The van der Waals surface area contributed by atoms with Crippen LogP contribution >= 0.6 is 0 Å². The highest BCUT2D eigenvalue weighted by Crippen LogP contribution is 2.39. The normalized spacial score (nSPS) is 25.3. The quantitative estimate of drug-likeness (QED) is 0.902. The SMILES string of the molecule is COc1cncc(C(O)C2CCC(C(C)C)CC2)c1. The van der Waals surface area contributed by atoms with Gasteiger partial charge >= 0.3 is 0 Å². The summed E-state index contributed by atoms with van der Waals surface area (Å²) in [5.41, 5.74) is 0.882. The maximum atomic E-state index is 10.5. The fraction of sp³-hybridized carbons (Fsp3) is 0.688. The van der Waals surface area contributed by atoms with E-state index in [0.717, 1.165) is 30.2 Å². The summed E-state index contributed by atoms with van der Waals surface area (Å²) in [5, 5.41) is 10.5. The molecule has 1 aliphatic carbocycles. The lowest BCUT2D eigenvalue weighted by Crippen LogP contribution is -2.23. The van der Waals surface area contributed by atoms with Crippen LogP contribution < -0.4 is 4.74 Å². The summed E-state index contributed by atoms with van der Waals surface area (Å²) in [6.45, 7) is 4.60. The first kappa shape index (κ1) is 14.3. The molecule has 1 saturated carbocycles. The molecular weight excluding hydrogens is 238 g/mol. The van der Waals surface area contributed by atoms with Gasteiger partial charge in [0.25, 0.3) is 0 Å². The molecule has 2 rings (SSSR count). The molecule has 3 nitrogen and oxygen atoms in total. The molecule has 0 saturated heterocycles. The minimum absolute atomic E-state index is 0.365. The van der Waals surface area contributed by atoms with Crippen molar-refractivity contribution in [3.63, 3.8) is 0 Å². The summed E-state index contributed by atoms with van der Waals surface area (Å²) in [7, 11) is 1.63. The van der Waals surface area contributed by atoms with Crippen LogP contribution in [0.15, 0.2) is 18.5 Å². The van der Waals surface area contributed by atoms with E-state index >= 15 is 0 Å². The molecule has 1 fully saturated rings. The highest BCUT2D eigenvalue weighted by molar-refractivity contribution is 5.25. The molecular formula is C16H25NO2. The van der Waals surface area contributed by atoms with Gasteiger partial charge in [0, 0.05) is 11.8 Å². The summed E-state index contributed by atoms with van der Waals surface area (Å²) in [6, 6.07) is 1.90. The van der Waals surface area contributed by atoms with Gasteiger partial charge in [0.2, 0.25) is 0 Å². The zero-order chi connectivity index (χ0) is 13.8. The predicted molar refractivity (Wildman–Crippen MR) is 76.0 cm³/mol. The molecule has 0 bridgehead atoms. The van der Waals surface area contributed by atoms with Gasteiger partial charge in [-0.2, -0.15) is 0 Å². The second-order valence-electron chi connectivity index (χ2n) is 6.02. The lowest BCUT2D eigenvalue weighted by atomic mass is 9.74. The van der Waals surface area contributed by atoms with Crippen molar-refractivity contribution in [2.75, 3.05) is 7.11 Å². The van der Waals surface area contributed by atoms with Gasteiger partial charge in [-0.25, -0.2) is 0 Å². The van der Waals surface area contributed by atoms with Crippen molar-refractivity contribution in [1.29, 1.82) is 0 Å². The fourth-order valence-electron chi connectivity index (χ4n) is 3.11. The van der Waals surface area contributed by atoms with Crippen molar-refractivity contribution in [3.05, 3.63) is 24.0 Å². The van der Waals surface area contributed by atoms with E-state index in [1.165, 1.54) is 12.8 Å². The van der Waals surface area contributed by atoms with Crippen LogP contribution in [0.4, 0.5) is 0 Å². The largest absolute Gasteiger partial charge is 0.495 e. The van der Waals surface area contributed by atoms with Gasteiger partial charge in [-0.15, -0.1) is 0 Å². The number of ether oxygens (including phenoxy) is 1. The van der Waals surface area contributed by atoms with E-state index < -0.39 is 6.10 Å². The van der Waals surface area contributed by atoms with E-state index in [1.54, 1.807) is 19.5 Å². The third-order valence-corrected chi connectivity index (χ3v) is 4.52. The number of methoxy groups -OCH3 is 1. The van der Waals surface area contributed by atoms with E-state index in [2.05, 4.69) is 18.8 Å². The molecule has 1 N–H and O–H groups in total. The molecule has 0 amide bonds. The third kappa shape index (κ3) is 3.47.